The van der Waals surface area contributed by atoms with Crippen molar-refractivity contribution >= 4 is 40.3 Å². The summed E-state index contributed by atoms with van der Waals surface area (Å²) in [6.07, 6.45) is 3.48. The third-order valence-electron chi connectivity index (χ3n) is 5.08. The van der Waals surface area contributed by atoms with Gasteiger partial charge in [0.25, 0.3) is 5.91 Å². The maximum absolute atomic E-state index is 12.6. The Morgan fingerprint density at radius 2 is 1.74 bits per heavy atom. The van der Waals surface area contributed by atoms with Crippen molar-refractivity contribution in [3.8, 4) is 17.2 Å². The Bertz CT molecular complexity index is 1070. The van der Waals surface area contributed by atoms with Gasteiger partial charge in [-0.25, -0.2) is 0 Å². The van der Waals surface area contributed by atoms with Gasteiger partial charge >= 0.3 is 0 Å². The highest BCUT2D eigenvalue weighted by molar-refractivity contribution is 8.26. The van der Waals surface area contributed by atoms with Gasteiger partial charge < -0.3 is 14.2 Å². The molecule has 1 amide bonds. The SMILES string of the molecule is C=CCN1C(=O)/C(=C\c2ccc(OCCOc3ccc(C(C)(C)C)cc3)c(OCC)c2)SC1=S. The number of benzene rings is 2. The maximum Gasteiger partial charge on any atom is 0.266 e. The first kappa shape index (κ1) is 25.8. The van der Waals surface area contributed by atoms with E-state index in [-0.39, 0.29) is 11.3 Å². The van der Waals surface area contributed by atoms with Crippen LogP contribution in [0.1, 0.15) is 38.8 Å². The fraction of sp³-hybridized carbons (Fsp3) is 0.333. The summed E-state index contributed by atoms with van der Waals surface area (Å²) in [5, 5.41) is 0. The van der Waals surface area contributed by atoms with E-state index in [0.717, 1.165) is 11.3 Å². The Balaban J connectivity index is 1.62. The number of thiocarbonyl (C=S) groups is 1. The Hall–Kier alpha value is -2.77. The number of ether oxygens (including phenoxy) is 3. The number of thioether (sulfide) groups is 1. The molecule has 7 heteroatoms. The fourth-order valence-corrected chi connectivity index (χ4v) is 4.58. The molecule has 0 saturated carbocycles. The predicted molar refractivity (Wildman–Crippen MR) is 144 cm³/mol. The second kappa shape index (κ2) is 11.6. The average Bonchev–Trinajstić information content (AvgIpc) is 3.05. The van der Waals surface area contributed by atoms with E-state index in [1.54, 1.807) is 6.08 Å². The van der Waals surface area contributed by atoms with Gasteiger partial charge in [-0.2, -0.15) is 0 Å². The van der Waals surface area contributed by atoms with Crippen molar-refractivity contribution in [1.29, 1.82) is 0 Å². The lowest BCUT2D eigenvalue weighted by atomic mass is 9.87. The highest BCUT2D eigenvalue weighted by Gasteiger charge is 2.31. The molecule has 2 aromatic carbocycles. The molecular formula is C27H31NO4S2. The first-order chi connectivity index (χ1) is 16.2. The van der Waals surface area contributed by atoms with Crippen LogP contribution in [-0.4, -0.2) is 41.5 Å². The molecule has 1 aliphatic rings. The van der Waals surface area contributed by atoms with Gasteiger partial charge in [0.2, 0.25) is 0 Å². The molecule has 0 aromatic heterocycles. The van der Waals surface area contributed by atoms with E-state index in [9.17, 15) is 4.79 Å². The largest absolute Gasteiger partial charge is 0.490 e. The van der Waals surface area contributed by atoms with Gasteiger partial charge in [0, 0.05) is 6.54 Å². The number of amides is 1. The topological polar surface area (TPSA) is 48.0 Å². The zero-order valence-electron chi connectivity index (χ0n) is 20.1. The third kappa shape index (κ3) is 6.64. The van der Waals surface area contributed by atoms with Crippen LogP contribution >= 0.6 is 24.0 Å². The van der Waals surface area contributed by atoms with Crippen LogP contribution in [-0.2, 0) is 10.2 Å². The molecule has 2 aromatic rings. The monoisotopic (exact) mass is 497 g/mol. The second-order valence-corrected chi connectivity index (χ2v) is 10.4. The van der Waals surface area contributed by atoms with Crippen LogP contribution in [0, 0.1) is 0 Å². The first-order valence-electron chi connectivity index (χ1n) is 11.2. The molecule has 1 saturated heterocycles. The van der Waals surface area contributed by atoms with Gasteiger partial charge in [0.1, 0.15) is 23.3 Å². The number of nitrogens with zero attached hydrogens (tertiary/aromatic N) is 1. The molecule has 34 heavy (non-hydrogen) atoms. The van der Waals surface area contributed by atoms with Crippen LogP contribution in [0.2, 0.25) is 0 Å². The molecule has 0 radical (unpaired) electrons. The van der Waals surface area contributed by atoms with Crippen LogP contribution in [0.15, 0.2) is 60.0 Å². The fourth-order valence-electron chi connectivity index (χ4n) is 3.30. The molecule has 5 nitrogen and oxygen atoms in total. The lowest BCUT2D eigenvalue weighted by Gasteiger charge is -2.19. The predicted octanol–water partition coefficient (Wildman–Crippen LogP) is 6.23. The highest BCUT2D eigenvalue weighted by Crippen LogP contribution is 2.35. The lowest BCUT2D eigenvalue weighted by molar-refractivity contribution is -0.121. The van der Waals surface area contributed by atoms with E-state index < -0.39 is 0 Å². The van der Waals surface area contributed by atoms with Gasteiger partial charge in [0.05, 0.1) is 11.5 Å². The molecule has 0 spiro atoms. The molecule has 3 rings (SSSR count). The minimum Gasteiger partial charge on any atom is -0.490 e. The van der Waals surface area contributed by atoms with E-state index in [4.69, 9.17) is 26.4 Å². The maximum atomic E-state index is 12.6. The molecule has 0 unspecified atom stereocenters. The molecule has 1 fully saturated rings. The molecular weight excluding hydrogens is 466 g/mol. The van der Waals surface area contributed by atoms with Gasteiger partial charge in [0.15, 0.2) is 11.5 Å². The first-order valence-corrected chi connectivity index (χ1v) is 12.4. The van der Waals surface area contributed by atoms with Crippen LogP contribution in [0.5, 0.6) is 17.2 Å². The number of hydrogen-bond donors (Lipinski definition) is 0. The second-order valence-electron chi connectivity index (χ2n) is 8.69. The summed E-state index contributed by atoms with van der Waals surface area (Å²) in [4.78, 5) is 14.7. The minimum absolute atomic E-state index is 0.110. The van der Waals surface area contributed by atoms with Crippen molar-refractivity contribution in [3.05, 3.63) is 71.2 Å². The van der Waals surface area contributed by atoms with Crippen molar-refractivity contribution in [3.63, 3.8) is 0 Å². The Labute approximate surface area is 211 Å². The van der Waals surface area contributed by atoms with Crippen LogP contribution in [0.3, 0.4) is 0 Å². The van der Waals surface area contributed by atoms with Crippen molar-refractivity contribution in [2.45, 2.75) is 33.1 Å². The van der Waals surface area contributed by atoms with E-state index in [1.165, 1.54) is 22.2 Å². The number of carbonyl (C=O) groups is 1. The summed E-state index contributed by atoms with van der Waals surface area (Å²) >= 11 is 6.59. The minimum atomic E-state index is -0.110. The Morgan fingerprint density at radius 1 is 1.03 bits per heavy atom. The number of carbonyl (C=O) groups excluding carboxylic acids is 1. The lowest BCUT2D eigenvalue weighted by Crippen LogP contribution is -2.27. The molecule has 0 aliphatic carbocycles. The molecule has 0 atom stereocenters. The summed E-state index contributed by atoms with van der Waals surface area (Å²) in [6.45, 7) is 13.8. The summed E-state index contributed by atoms with van der Waals surface area (Å²) in [5.41, 5.74) is 2.21. The van der Waals surface area contributed by atoms with E-state index in [2.05, 4.69) is 39.5 Å². The Kier molecular flexibility index (Phi) is 8.80. The number of rotatable bonds is 10. The number of hydrogen-bond acceptors (Lipinski definition) is 6. The average molecular weight is 498 g/mol. The molecule has 0 N–H and O–H groups in total. The van der Waals surface area contributed by atoms with Gasteiger partial charge in [-0.3, -0.25) is 9.69 Å². The third-order valence-corrected chi connectivity index (χ3v) is 6.46. The zero-order chi connectivity index (χ0) is 24.7. The van der Waals surface area contributed by atoms with Crippen molar-refractivity contribution < 1.29 is 19.0 Å². The van der Waals surface area contributed by atoms with Crippen molar-refractivity contribution in [2.24, 2.45) is 0 Å². The molecule has 0 bridgehead atoms. The van der Waals surface area contributed by atoms with Gasteiger partial charge in [-0.1, -0.05) is 69.0 Å². The zero-order valence-corrected chi connectivity index (χ0v) is 21.8. The van der Waals surface area contributed by atoms with Crippen molar-refractivity contribution in [1.82, 2.24) is 4.90 Å². The Morgan fingerprint density at radius 3 is 2.38 bits per heavy atom. The van der Waals surface area contributed by atoms with E-state index >= 15 is 0 Å². The van der Waals surface area contributed by atoms with Crippen LogP contribution in [0.25, 0.3) is 6.08 Å². The van der Waals surface area contributed by atoms with Gasteiger partial charge in [-0.15, -0.1) is 6.58 Å². The van der Waals surface area contributed by atoms with E-state index in [0.29, 0.717) is 47.1 Å². The molecule has 1 aliphatic heterocycles. The summed E-state index contributed by atoms with van der Waals surface area (Å²) in [7, 11) is 0. The summed E-state index contributed by atoms with van der Waals surface area (Å²) in [5.74, 6) is 1.95. The standard InChI is InChI=1S/C27H31NO4S2/c1-6-14-28-25(29)24(34-26(28)33)18-19-8-13-22(23(17-19)30-7-2)32-16-15-31-21-11-9-20(10-12-21)27(3,4)5/h6,8-13,17-18H,1,7,14-16H2,2-5H3/b24-18+. The summed E-state index contributed by atoms with van der Waals surface area (Å²) < 4.78 is 18.0. The van der Waals surface area contributed by atoms with Crippen LogP contribution in [0.4, 0.5) is 0 Å². The smallest absolute Gasteiger partial charge is 0.266 e. The van der Waals surface area contributed by atoms with Crippen LogP contribution < -0.4 is 14.2 Å². The summed E-state index contributed by atoms with van der Waals surface area (Å²) in [6, 6.07) is 13.8. The molecule has 180 valence electrons. The van der Waals surface area contributed by atoms with Gasteiger partial charge in [-0.05, 0) is 53.8 Å². The quantitative estimate of drug-likeness (QED) is 0.168. The highest BCUT2D eigenvalue weighted by atomic mass is 32.2. The van der Waals surface area contributed by atoms with Crippen molar-refractivity contribution in [2.75, 3.05) is 26.4 Å². The normalized spacial score (nSPS) is 15.1. The molecule has 1 heterocycles. The van der Waals surface area contributed by atoms with E-state index in [1.807, 2.05) is 43.3 Å².